The van der Waals surface area contributed by atoms with Crippen LogP contribution < -0.4 is 10.6 Å². The van der Waals surface area contributed by atoms with Gasteiger partial charge in [-0.05, 0) is 62.3 Å². The predicted molar refractivity (Wildman–Crippen MR) is 112 cm³/mol. The second kappa shape index (κ2) is 10.2. The van der Waals surface area contributed by atoms with Crippen LogP contribution in [0.4, 0.5) is 4.39 Å². The van der Waals surface area contributed by atoms with E-state index in [1.165, 1.54) is 17.7 Å². The molecule has 0 bridgehead atoms. The number of aryl methyl sites for hydroxylation is 1. The molecule has 1 aliphatic carbocycles. The summed E-state index contributed by atoms with van der Waals surface area (Å²) >= 11 is 0. The Labute approximate surface area is 171 Å². The number of amides is 2. The lowest BCUT2D eigenvalue weighted by atomic mass is 9.81. The number of halogens is 1. The van der Waals surface area contributed by atoms with Crippen molar-refractivity contribution >= 4 is 11.8 Å². The number of hydrogen-bond donors (Lipinski definition) is 2. The molecule has 2 aromatic carbocycles. The Morgan fingerprint density at radius 3 is 1.93 bits per heavy atom. The Bertz CT molecular complexity index is 810. The molecular formula is C24H29FN2O2. The lowest BCUT2D eigenvalue weighted by Gasteiger charge is -2.27. The van der Waals surface area contributed by atoms with Gasteiger partial charge in [-0.3, -0.25) is 9.59 Å². The summed E-state index contributed by atoms with van der Waals surface area (Å²) in [5.74, 6) is -0.142. The number of carbonyl (C=O) groups excluding carboxylic acids is 2. The third-order valence-corrected chi connectivity index (χ3v) is 5.68. The van der Waals surface area contributed by atoms with E-state index < -0.39 is 0 Å². The summed E-state index contributed by atoms with van der Waals surface area (Å²) in [4.78, 5) is 24.8. The summed E-state index contributed by atoms with van der Waals surface area (Å²) < 4.78 is 12.9. The minimum atomic E-state index is -0.252. The summed E-state index contributed by atoms with van der Waals surface area (Å²) in [6.07, 6.45) is 3.66. The van der Waals surface area contributed by atoms with Crippen LogP contribution in [0.2, 0.25) is 0 Å². The fraction of sp³-hybridized carbons (Fsp3) is 0.417. The standard InChI is InChI=1S/C24H29FN2O2/c1-17-2-4-19(5-3-17)16-27-24(29)21-10-8-20(9-11-21)23(28)26-15-14-18-6-12-22(25)13-7-18/h2-7,12-13,20-21H,8-11,14-16H2,1H3,(H,26,28)(H,27,29). The van der Waals surface area contributed by atoms with Crippen LogP contribution in [0, 0.1) is 24.6 Å². The van der Waals surface area contributed by atoms with Gasteiger partial charge >= 0.3 is 0 Å². The van der Waals surface area contributed by atoms with Gasteiger partial charge in [-0.1, -0.05) is 42.0 Å². The van der Waals surface area contributed by atoms with E-state index in [-0.39, 0.29) is 29.5 Å². The van der Waals surface area contributed by atoms with Gasteiger partial charge < -0.3 is 10.6 Å². The van der Waals surface area contributed by atoms with Gasteiger partial charge in [-0.25, -0.2) is 4.39 Å². The molecule has 0 unspecified atom stereocenters. The summed E-state index contributed by atoms with van der Waals surface area (Å²) in [6, 6.07) is 14.5. The average Bonchev–Trinajstić information content (AvgIpc) is 2.74. The van der Waals surface area contributed by atoms with Crippen LogP contribution in [0.3, 0.4) is 0 Å². The van der Waals surface area contributed by atoms with Gasteiger partial charge in [-0.2, -0.15) is 0 Å². The van der Waals surface area contributed by atoms with Crippen LogP contribution in [0.25, 0.3) is 0 Å². The number of benzene rings is 2. The molecule has 3 rings (SSSR count). The van der Waals surface area contributed by atoms with E-state index >= 15 is 0 Å². The van der Waals surface area contributed by atoms with E-state index in [1.54, 1.807) is 12.1 Å². The van der Waals surface area contributed by atoms with Crippen LogP contribution in [0.1, 0.15) is 42.4 Å². The second-order valence-corrected chi connectivity index (χ2v) is 7.92. The Morgan fingerprint density at radius 2 is 1.34 bits per heavy atom. The highest BCUT2D eigenvalue weighted by Gasteiger charge is 2.29. The number of hydrogen-bond acceptors (Lipinski definition) is 2. The molecule has 29 heavy (non-hydrogen) atoms. The second-order valence-electron chi connectivity index (χ2n) is 7.92. The molecule has 0 aliphatic heterocycles. The lowest BCUT2D eigenvalue weighted by Crippen LogP contribution is -2.37. The molecule has 0 radical (unpaired) electrons. The molecule has 0 saturated heterocycles. The smallest absolute Gasteiger partial charge is 0.223 e. The van der Waals surface area contributed by atoms with Gasteiger partial charge in [0.1, 0.15) is 5.82 Å². The van der Waals surface area contributed by atoms with Crippen molar-refractivity contribution in [1.29, 1.82) is 0 Å². The first-order valence-corrected chi connectivity index (χ1v) is 10.4. The Kier molecular flexibility index (Phi) is 7.39. The molecule has 154 valence electrons. The van der Waals surface area contributed by atoms with Crippen molar-refractivity contribution in [3.8, 4) is 0 Å². The molecule has 5 heteroatoms. The van der Waals surface area contributed by atoms with Crippen molar-refractivity contribution in [2.24, 2.45) is 11.8 Å². The summed E-state index contributed by atoms with van der Waals surface area (Å²) in [5, 5.41) is 6.00. The molecule has 1 fully saturated rings. The van der Waals surface area contributed by atoms with Crippen molar-refractivity contribution in [3.63, 3.8) is 0 Å². The SMILES string of the molecule is Cc1ccc(CNC(=O)C2CCC(C(=O)NCCc3ccc(F)cc3)CC2)cc1. The van der Waals surface area contributed by atoms with Gasteiger partial charge in [-0.15, -0.1) is 0 Å². The maximum absolute atomic E-state index is 12.9. The zero-order chi connectivity index (χ0) is 20.6. The molecule has 0 aromatic heterocycles. The maximum Gasteiger partial charge on any atom is 0.223 e. The molecule has 1 saturated carbocycles. The van der Waals surface area contributed by atoms with Crippen molar-refractivity contribution in [1.82, 2.24) is 10.6 Å². The first kappa shape index (κ1) is 21.0. The Balaban J connectivity index is 1.35. The topological polar surface area (TPSA) is 58.2 Å². The van der Waals surface area contributed by atoms with Crippen molar-refractivity contribution in [3.05, 3.63) is 71.0 Å². The van der Waals surface area contributed by atoms with E-state index in [2.05, 4.69) is 10.6 Å². The van der Waals surface area contributed by atoms with Crippen molar-refractivity contribution in [2.75, 3.05) is 6.54 Å². The minimum Gasteiger partial charge on any atom is -0.356 e. The van der Waals surface area contributed by atoms with Gasteiger partial charge in [0.25, 0.3) is 0 Å². The molecule has 1 aliphatic rings. The zero-order valence-corrected chi connectivity index (χ0v) is 16.9. The first-order valence-electron chi connectivity index (χ1n) is 10.4. The van der Waals surface area contributed by atoms with Crippen LogP contribution >= 0.6 is 0 Å². The molecule has 2 aromatic rings. The van der Waals surface area contributed by atoms with Crippen molar-refractivity contribution < 1.29 is 14.0 Å². The number of carbonyl (C=O) groups is 2. The first-order chi connectivity index (χ1) is 14.0. The van der Waals surface area contributed by atoms with E-state index in [0.29, 0.717) is 19.5 Å². The fourth-order valence-corrected chi connectivity index (χ4v) is 3.78. The Morgan fingerprint density at radius 1 is 0.828 bits per heavy atom. The summed E-state index contributed by atoms with van der Waals surface area (Å²) in [6.45, 7) is 3.13. The third-order valence-electron chi connectivity index (χ3n) is 5.68. The summed E-state index contributed by atoms with van der Waals surface area (Å²) in [5.41, 5.74) is 3.30. The van der Waals surface area contributed by atoms with Crippen LogP contribution in [-0.4, -0.2) is 18.4 Å². The largest absolute Gasteiger partial charge is 0.356 e. The molecule has 0 heterocycles. The minimum absolute atomic E-state index is 0.0105. The molecule has 2 amide bonds. The third kappa shape index (κ3) is 6.41. The quantitative estimate of drug-likeness (QED) is 0.745. The average molecular weight is 397 g/mol. The molecule has 2 N–H and O–H groups in total. The maximum atomic E-state index is 12.9. The van der Waals surface area contributed by atoms with Crippen LogP contribution in [-0.2, 0) is 22.6 Å². The number of nitrogens with one attached hydrogen (secondary N) is 2. The zero-order valence-electron chi connectivity index (χ0n) is 16.9. The highest BCUT2D eigenvalue weighted by atomic mass is 19.1. The van der Waals surface area contributed by atoms with Gasteiger partial charge in [0.05, 0.1) is 0 Å². The van der Waals surface area contributed by atoms with E-state index in [9.17, 15) is 14.0 Å². The van der Waals surface area contributed by atoms with E-state index in [1.807, 2.05) is 31.2 Å². The summed E-state index contributed by atoms with van der Waals surface area (Å²) in [7, 11) is 0. The van der Waals surface area contributed by atoms with Gasteiger partial charge in [0, 0.05) is 24.9 Å². The molecule has 0 atom stereocenters. The highest BCUT2D eigenvalue weighted by Crippen LogP contribution is 2.29. The van der Waals surface area contributed by atoms with Gasteiger partial charge in [0.2, 0.25) is 11.8 Å². The monoisotopic (exact) mass is 396 g/mol. The van der Waals surface area contributed by atoms with Gasteiger partial charge in [0.15, 0.2) is 0 Å². The Hall–Kier alpha value is -2.69. The molecular weight excluding hydrogens is 367 g/mol. The lowest BCUT2D eigenvalue weighted by molar-refractivity contribution is -0.130. The van der Waals surface area contributed by atoms with Crippen LogP contribution in [0.15, 0.2) is 48.5 Å². The normalized spacial score (nSPS) is 18.8. The van der Waals surface area contributed by atoms with E-state index in [4.69, 9.17) is 0 Å². The highest BCUT2D eigenvalue weighted by molar-refractivity contribution is 5.81. The van der Waals surface area contributed by atoms with Crippen LogP contribution in [0.5, 0.6) is 0 Å². The van der Waals surface area contributed by atoms with E-state index in [0.717, 1.165) is 36.8 Å². The fourth-order valence-electron chi connectivity index (χ4n) is 3.78. The molecule has 0 spiro atoms. The van der Waals surface area contributed by atoms with Crippen molar-refractivity contribution in [2.45, 2.75) is 45.6 Å². The number of rotatable bonds is 7. The molecule has 4 nitrogen and oxygen atoms in total. The predicted octanol–water partition coefficient (Wildman–Crippen LogP) is 3.92.